The van der Waals surface area contributed by atoms with Crippen molar-refractivity contribution < 1.29 is 18.8 Å². The summed E-state index contributed by atoms with van der Waals surface area (Å²) in [5.41, 5.74) is 4.49. The van der Waals surface area contributed by atoms with Gasteiger partial charge in [-0.05, 0) is 62.9 Å². The lowest BCUT2D eigenvalue weighted by Crippen LogP contribution is -2.54. The molecular weight excluding hydrogens is 575 g/mol. The van der Waals surface area contributed by atoms with Crippen molar-refractivity contribution in [1.29, 1.82) is 0 Å². The maximum absolute atomic E-state index is 14.9. The highest BCUT2D eigenvalue weighted by molar-refractivity contribution is 5.95. The molecule has 0 unspecified atom stereocenters. The fraction of sp³-hybridized carbons (Fsp3) is 0.455. The summed E-state index contributed by atoms with van der Waals surface area (Å²) in [6.07, 6.45) is 0. The zero-order valence-corrected chi connectivity index (χ0v) is 26.9. The Morgan fingerprint density at radius 3 is 2.40 bits per heavy atom. The minimum atomic E-state index is -0.563. The van der Waals surface area contributed by atoms with Gasteiger partial charge in [0.15, 0.2) is 5.69 Å². The van der Waals surface area contributed by atoms with Gasteiger partial charge in [0.1, 0.15) is 5.82 Å². The van der Waals surface area contributed by atoms with Crippen molar-refractivity contribution in [3.05, 3.63) is 76.4 Å². The van der Waals surface area contributed by atoms with Gasteiger partial charge in [-0.2, -0.15) is 5.10 Å². The van der Waals surface area contributed by atoms with Crippen LogP contribution in [0.3, 0.4) is 0 Å². The Kier molecular flexibility index (Phi) is 9.42. The van der Waals surface area contributed by atoms with Crippen LogP contribution in [-0.4, -0.2) is 84.7 Å². The van der Waals surface area contributed by atoms with Gasteiger partial charge >= 0.3 is 6.03 Å². The largest absolute Gasteiger partial charge is 0.366 e. The summed E-state index contributed by atoms with van der Waals surface area (Å²) in [6.45, 7) is 9.65. The third-order valence-corrected chi connectivity index (χ3v) is 8.41. The Balaban J connectivity index is 1.27. The molecule has 1 aromatic heterocycles. The number of hydrogen-bond acceptors (Lipinski definition) is 6. The minimum Gasteiger partial charge on any atom is -0.366 e. The Bertz CT molecular complexity index is 1560. The molecule has 11 nitrogen and oxygen atoms in total. The highest BCUT2D eigenvalue weighted by Gasteiger charge is 2.33. The van der Waals surface area contributed by atoms with E-state index in [4.69, 9.17) is 5.10 Å². The van der Waals surface area contributed by atoms with Crippen LogP contribution >= 0.6 is 0 Å². The molecule has 3 heterocycles. The van der Waals surface area contributed by atoms with E-state index in [0.29, 0.717) is 42.4 Å². The number of likely N-dealkylation sites (tertiary alicyclic amines) is 1. The molecule has 5 rings (SSSR count). The summed E-state index contributed by atoms with van der Waals surface area (Å²) in [6, 6.07) is 11.8. The first-order valence-electron chi connectivity index (χ1n) is 15.4. The summed E-state index contributed by atoms with van der Waals surface area (Å²) in [5.74, 6) is -0.440. The number of nitrogens with zero attached hydrogens (tertiary/aromatic N) is 5. The van der Waals surface area contributed by atoms with Crippen LogP contribution in [0.1, 0.15) is 70.4 Å². The van der Waals surface area contributed by atoms with E-state index in [0.717, 1.165) is 30.0 Å². The number of urea groups is 1. The second-order valence-corrected chi connectivity index (χ2v) is 12.5. The molecule has 0 aliphatic carbocycles. The van der Waals surface area contributed by atoms with Crippen LogP contribution in [0.2, 0.25) is 0 Å². The first-order valence-corrected chi connectivity index (χ1v) is 15.4. The lowest BCUT2D eigenvalue weighted by atomic mass is 9.95. The zero-order valence-electron chi connectivity index (χ0n) is 26.9. The standard InChI is InChI=1S/C33H43FN8O3/c1-20(2)42-30-21(3)16-40(25-10-8-24(9-11-25)32(44)39(5)6)19-26(30)29(38-42)31(43)36-15-22-7-12-28(27(34)13-22)37-33(45)41-17-23(18-41)14-35-4/h7-13,20-21,23,35H,14-19H2,1-6H3,(H,36,43)(H,37,45)/t21-/m0/s1. The average molecular weight is 619 g/mol. The maximum Gasteiger partial charge on any atom is 0.321 e. The highest BCUT2D eigenvalue weighted by atomic mass is 19.1. The molecule has 3 N–H and O–H groups in total. The van der Waals surface area contributed by atoms with Gasteiger partial charge in [0.05, 0.1) is 5.69 Å². The molecule has 240 valence electrons. The van der Waals surface area contributed by atoms with Crippen LogP contribution in [0.15, 0.2) is 42.5 Å². The van der Waals surface area contributed by atoms with E-state index >= 15 is 0 Å². The number of rotatable bonds is 9. The number of benzene rings is 2. The lowest BCUT2D eigenvalue weighted by molar-refractivity contribution is 0.0827. The third kappa shape index (κ3) is 6.80. The molecule has 45 heavy (non-hydrogen) atoms. The van der Waals surface area contributed by atoms with Crippen molar-refractivity contribution in [3.8, 4) is 0 Å². The Morgan fingerprint density at radius 1 is 1.07 bits per heavy atom. The van der Waals surface area contributed by atoms with E-state index in [2.05, 4.69) is 27.8 Å². The van der Waals surface area contributed by atoms with Crippen LogP contribution < -0.4 is 20.9 Å². The molecular formula is C33H43FN8O3. The van der Waals surface area contributed by atoms with Crippen LogP contribution in [0.25, 0.3) is 0 Å². The number of carbonyl (C=O) groups excluding carboxylic acids is 3. The van der Waals surface area contributed by atoms with Crippen LogP contribution in [0, 0.1) is 11.7 Å². The number of anilines is 2. The molecule has 12 heteroatoms. The van der Waals surface area contributed by atoms with Crippen molar-refractivity contribution >= 4 is 29.2 Å². The van der Waals surface area contributed by atoms with E-state index in [1.165, 1.54) is 12.1 Å². The molecule has 3 aromatic rings. The van der Waals surface area contributed by atoms with Gasteiger partial charge in [-0.1, -0.05) is 13.0 Å². The Morgan fingerprint density at radius 2 is 1.78 bits per heavy atom. The SMILES string of the molecule is CNCC1CN(C(=O)Nc2ccc(CNC(=O)c3nn(C(C)C)c4c3CN(c3ccc(C(=O)N(C)C)cc3)C[C@@H]4C)cc2F)C1. The first kappa shape index (κ1) is 32.0. The first-order chi connectivity index (χ1) is 21.5. The summed E-state index contributed by atoms with van der Waals surface area (Å²) in [5, 5.41) is 13.4. The minimum absolute atomic E-state index is 0.0580. The highest BCUT2D eigenvalue weighted by Crippen LogP contribution is 2.35. The van der Waals surface area contributed by atoms with Gasteiger partial charge in [0.2, 0.25) is 0 Å². The fourth-order valence-corrected chi connectivity index (χ4v) is 6.06. The molecule has 2 aliphatic rings. The average Bonchev–Trinajstić information content (AvgIpc) is 3.39. The van der Waals surface area contributed by atoms with Crippen molar-refractivity contribution in [2.75, 3.05) is 57.5 Å². The smallest absolute Gasteiger partial charge is 0.321 e. The van der Waals surface area contributed by atoms with Gasteiger partial charge in [0.25, 0.3) is 11.8 Å². The van der Waals surface area contributed by atoms with E-state index in [9.17, 15) is 18.8 Å². The van der Waals surface area contributed by atoms with Crippen LogP contribution in [0.4, 0.5) is 20.6 Å². The van der Waals surface area contributed by atoms with Gasteiger partial charge in [-0.25, -0.2) is 9.18 Å². The lowest BCUT2D eigenvalue weighted by Gasteiger charge is -2.39. The summed E-state index contributed by atoms with van der Waals surface area (Å²) in [7, 11) is 5.33. The van der Waals surface area contributed by atoms with Gasteiger partial charge in [-0.3, -0.25) is 14.3 Å². The number of halogens is 1. The normalized spacial score (nSPS) is 16.3. The maximum atomic E-state index is 14.9. The molecule has 0 saturated carbocycles. The quantitative estimate of drug-likeness (QED) is 0.334. The topological polar surface area (TPSA) is 115 Å². The molecule has 0 bridgehead atoms. The summed E-state index contributed by atoms with van der Waals surface area (Å²) in [4.78, 5) is 43.8. The molecule has 0 spiro atoms. The summed E-state index contributed by atoms with van der Waals surface area (Å²) < 4.78 is 16.8. The number of carbonyl (C=O) groups is 3. The Hall–Kier alpha value is -4.45. The zero-order chi connectivity index (χ0) is 32.4. The predicted molar refractivity (Wildman–Crippen MR) is 172 cm³/mol. The van der Waals surface area contributed by atoms with E-state index in [-0.39, 0.29) is 42.0 Å². The monoisotopic (exact) mass is 618 g/mol. The van der Waals surface area contributed by atoms with E-state index < -0.39 is 5.82 Å². The Labute approximate surface area is 263 Å². The number of hydrogen-bond donors (Lipinski definition) is 3. The fourth-order valence-electron chi connectivity index (χ4n) is 6.06. The molecule has 1 saturated heterocycles. The van der Waals surface area contributed by atoms with E-state index in [1.54, 1.807) is 30.0 Å². The van der Waals surface area contributed by atoms with Gasteiger partial charge < -0.3 is 30.7 Å². The van der Waals surface area contributed by atoms with Gasteiger partial charge in [0, 0.05) is 93.7 Å². The molecule has 2 aliphatic heterocycles. The van der Waals surface area contributed by atoms with Crippen LogP contribution in [0.5, 0.6) is 0 Å². The number of amides is 4. The summed E-state index contributed by atoms with van der Waals surface area (Å²) >= 11 is 0. The second-order valence-electron chi connectivity index (χ2n) is 12.5. The molecule has 0 radical (unpaired) electrons. The van der Waals surface area contributed by atoms with Crippen molar-refractivity contribution in [1.82, 2.24) is 30.2 Å². The van der Waals surface area contributed by atoms with Crippen molar-refractivity contribution in [2.24, 2.45) is 5.92 Å². The van der Waals surface area contributed by atoms with Crippen molar-refractivity contribution in [2.45, 2.75) is 45.8 Å². The molecule has 4 amide bonds. The third-order valence-electron chi connectivity index (χ3n) is 8.41. The van der Waals surface area contributed by atoms with Gasteiger partial charge in [-0.15, -0.1) is 0 Å². The number of aromatic nitrogens is 2. The number of fused-ring (bicyclic) bond motifs is 1. The number of nitrogens with one attached hydrogen (secondary N) is 3. The molecule has 2 aromatic carbocycles. The van der Waals surface area contributed by atoms with E-state index in [1.807, 2.05) is 49.8 Å². The predicted octanol–water partition coefficient (Wildman–Crippen LogP) is 4.04. The second kappa shape index (κ2) is 13.3. The molecule has 1 fully saturated rings. The van der Waals surface area contributed by atoms with Crippen LogP contribution in [-0.2, 0) is 13.1 Å². The molecule has 1 atom stereocenters. The van der Waals surface area contributed by atoms with Crippen molar-refractivity contribution in [3.63, 3.8) is 0 Å².